The fourth-order valence-electron chi connectivity index (χ4n) is 1.85. The van der Waals surface area contributed by atoms with Crippen molar-refractivity contribution in [3.8, 4) is 0 Å². The summed E-state index contributed by atoms with van der Waals surface area (Å²) < 4.78 is 0. The molecular weight excluding hydrogens is 230 g/mol. The first-order valence-corrected chi connectivity index (χ1v) is 7.18. The highest BCUT2D eigenvalue weighted by atomic mass is 14.8. The van der Waals surface area contributed by atoms with Gasteiger partial charge < -0.3 is 5.32 Å². The standard InChI is InChI=1S/C18H31N/c1-10-14(6)18(16(8)19-9)17(13(4)5)11-15(7)12(2)3/h10-13,19H,8H2,1-7,9H3/b14-10+,15-11+,18-17+. The molecule has 0 aliphatic heterocycles. The second-order valence-electron chi connectivity index (χ2n) is 5.73. The Kier molecular flexibility index (Phi) is 7.51. The van der Waals surface area contributed by atoms with Gasteiger partial charge in [-0.15, -0.1) is 0 Å². The van der Waals surface area contributed by atoms with Gasteiger partial charge in [0.15, 0.2) is 0 Å². The molecule has 19 heavy (non-hydrogen) atoms. The van der Waals surface area contributed by atoms with Crippen molar-refractivity contribution in [3.05, 3.63) is 46.7 Å². The number of hydrogen-bond donors (Lipinski definition) is 1. The van der Waals surface area contributed by atoms with Gasteiger partial charge in [-0.3, -0.25) is 0 Å². The lowest BCUT2D eigenvalue weighted by Gasteiger charge is -2.20. The molecule has 0 bridgehead atoms. The zero-order valence-electron chi connectivity index (χ0n) is 14.0. The lowest BCUT2D eigenvalue weighted by Crippen LogP contribution is -2.12. The third kappa shape index (κ3) is 5.10. The minimum Gasteiger partial charge on any atom is -0.388 e. The van der Waals surface area contributed by atoms with E-state index >= 15 is 0 Å². The van der Waals surface area contributed by atoms with Crippen LogP contribution in [0.4, 0.5) is 0 Å². The highest BCUT2D eigenvalue weighted by molar-refractivity contribution is 5.51. The molecule has 0 amide bonds. The van der Waals surface area contributed by atoms with Crippen LogP contribution in [0.25, 0.3) is 0 Å². The summed E-state index contributed by atoms with van der Waals surface area (Å²) in [7, 11) is 1.93. The summed E-state index contributed by atoms with van der Waals surface area (Å²) in [6, 6.07) is 0. The van der Waals surface area contributed by atoms with Gasteiger partial charge in [-0.1, -0.05) is 52.0 Å². The molecule has 108 valence electrons. The van der Waals surface area contributed by atoms with Gasteiger partial charge in [0.05, 0.1) is 0 Å². The normalized spacial score (nSPS) is 14.8. The number of rotatable bonds is 6. The van der Waals surface area contributed by atoms with E-state index in [4.69, 9.17) is 0 Å². The lowest BCUT2D eigenvalue weighted by molar-refractivity contribution is 0.743. The van der Waals surface area contributed by atoms with E-state index in [-0.39, 0.29) is 0 Å². The molecule has 0 rings (SSSR count). The predicted molar refractivity (Wildman–Crippen MR) is 88.1 cm³/mol. The van der Waals surface area contributed by atoms with E-state index in [1.807, 2.05) is 7.05 Å². The molecule has 0 spiro atoms. The van der Waals surface area contributed by atoms with Gasteiger partial charge in [0, 0.05) is 18.3 Å². The van der Waals surface area contributed by atoms with Crippen LogP contribution in [0.1, 0.15) is 48.5 Å². The van der Waals surface area contributed by atoms with E-state index in [1.54, 1.807) is 0 Å². The second-order valence-corrected chi connectivity index (χ2v) is 5.73. The summed E-state index contributed by atoms with van der Waals surface area (Å²) in [4.78, 5) is 0. The molecule has 0 saturated heterocycles. The number of hydrogen-bond acceptors (Lipinski definition) is 1. The lowest BCUT2D eigenvalue weighted by atomic mass is 9.88. The Balaban J connectivity index is 6.05. The van der Waals surface area contributed by atoms with Crippen LogP contribution >= 0.6 is 0 Å². The molecule has 0 aromatic rings. The summed E-state index contributed by atoms with van der Waals surface area (Å²) >= 11 is 0. The van der Waals surface area contributed by atoms with Crippen LogP contribution in [-0.2, 0) is 0 Å². The number of likely N-dealkylation sites (N-methyl/N-ethyl adjacent to an activating group) is 1. The van der Waals surface area contributed by atoms with E-state index < -0.39 is 0 Å². The molecular formula is C18H31N. The molecule has 0 unspecified atom stereocenters. The zero-order chi connectivity index (χ0) is 15.2. The first-order chi connectivity index (χ1) is 8.76. The number of nitrogens with one attached hydrogen (secondary N) is 1. The molecule has 1 heteroatoms. The molecule has 1 N–H and O–H groups in total. The zero-order valence-corrected chi connectivity index (χ0v) is 14.0. The first-order valence-electron chi connectivity index (χ1n) is 7.18. The number of allylic oxidation sites excluding steroid dienone is 5. The fourth-order valence-corrected chi connectivity index (χ4v) is 1.85. The van der Waals surface area contributed by atoms with E-state index in [0.717, 1.165) is 5.70 Å². The van der Waals surface area contributed by atoms with E-state index in [1.165, 1.54) is 22.3 Å². The van der Waals surface area contributed by atoms with Crippen molar-refractivity contribution in [1.82, 2.24) is 5.32 Å². The van der Waals surface area contributed by atoms with E-state index in [0.29, 0.717) is 11.8 Å². The molecule has 0 aliphatic carbocycles. The van der Waals surface area contributed by atoms with Gasteiger partial charge in [-0.2, -0.15) is 0 Å². The largest absolute Gasteiger partial charge is 0.388 e. The SMILES string of the molecule is C=C(NC)C(=C(\C=C(/C)C(C)C)C(C)C)/C(C)=C/C. The van der Waals surface area contributed by atoms with Crippen LogP contribution in [0.2, 0.25) is 0 Å². The van der Waals surface area contributed by atoms with Gasteiger partial charge in [-0.05, 0) is 43.8 Å². The Hall–Kier alpha value is -1.24. The van der Waals surface area contributed by atoms with Crippen LogP contribution in [-0.4, -0.2) is 7.05 Å². The second kappa shape index (κ2) is 8.04. The third-order valence-corrected chi connectivity index (χ3v) is 3.64. The van der Waals surface area contributed by atoms with Gasteiger partial charge in [0.25, 0.3) is 0 Å². The van der Waals surface area contributed by atoms with Crippen LogP contribution < -0.4 is 5.32 Å². The van der Waals surface area contributed by atoms with Crippen molar-refractivity contribution in [2.75, 3.05) is 7.05 Å². The Morgan fingerprint density at radius 3 is 1.89 bits per heavy atom. The first kappa shape index (κ1) is 17.8. The van der Waals surface area contributed by atoms with E-state index in [9.17, 15) is 0 Å². The highest BCUT2D eigenvalue weighted by Crippen LogP contribution is 2.28. The predicted octanol–water partition coefficient (Wildman–Crippen LogP) is 5.24. The minimum atomic E-state index is 0.476. The topological polar surface area (TPSA) is 12.0 Å². The van der Waals surface area contributed by atoms with Gasteiger partial charge >= 0.3 is 0 Å². The summed E-state index contributed by atoms with van der Waals surface area (Å²) in [5.74, 6) is 1.05. The van der Waals surface area contributed by atoms with E-state index in [2.05, 4.69) is 72.5 Å². The monoisotopic (exact) mass is 261 g/mol. The fraction of sp³-hybridized carbons (Fsp3) is 0.556. The molecule has 1 nitrogen and oxygen atoms in total. The van der Waals surface area contributed by atoms with Gasteiger partial charge in [0.1, 0.15) is 0 Å². The van der Waals surface area contributed by atoms with Crippen molar-refractivity contribution < 1.29 is 0 Å². The van der Waals surface area contributed by atoms with Crippen LogP contribution in [0.15, 0.2) is 46.7 Å². The summed E-state index contributed by atoms with van der Waals surface area (Å²) in [6.07, 6.45) is 4.49. The Bertz CT molecular complexity index is 403. The summed E-state index contributed by atoms with van der Waals surface area (Å²) in [5, 5.41) is 3.20. The van der Waals surface area contributed by atoms with Gasteiger partial charge in [0.2, 0.25) is 0 Å². The third-order valence-electron chi connectivity index (χ3n) is 3.64. The average Bonchev–Trinajstić information content (AvgIpc) is 2.36. The molecule has 0 aromatic carbocycles. The maximum Gasteiger partial charge on any atom is 0.0343 e. The maximum atomic E-state index is 4.16. The summed E-state index contributed by atoms with van der Waals surface area (Å²) in [6.45, 7) is 19.5. The van der Waals surface area contributed by atoms with Crippen LogP contribution in [0.5, 0.6) is 0 Å². The smallest absolute Gasteiger partial charge is 0.0343 e. The van der Waals surface area contributed by atoms with Crippen molar-refractivity contribution >= 4 is 0 Å². The Morgan fingerprint density at radius 1 is 1.05 bits per heavy atom. The maximum absolute atomic E-state index is 4.16. The van der Waals surface area contributed by atoms with Crippen molar-refractivity contribution in [1.29, 1.82) is 0 Å². The van der Waals surface area contributed by atoms with Crippen LogP contribution in [0.3, 0.4) is 0 Å². The average molecular weight is 261 g/mol. The quantitative estimate of drug-likeness (QED) is 0.645. The molecule has 0 fully saturated rings. The Morgan fingerprint density at radius 2 is 1.58 bits per heavy atom. The molecule has 0 saturated carbocycles. The minimum absolute atomic E-state index is 0.476. The Labute approximate surface area is 120 Å². The van der Waals surface area contributed by atoms with Crippen molar-refractivity contribution in [2.45, 2.75) is 48.5 Å². The molecule has 0 radical (unpaired) electrons. The molecule has 0 heterocycles. The van der Waals surface area contributed by atoms with Gasteiger partial charge in [-0.25, -0.2) is 0 Å². The van der Waals surface area contributed by atoms with Crippen molar-refractivity contribution in [2.24, 2.45) is 11.8 Å². The highest BCUT2D eigenvalue weighted by Gasteiger charge is 2.13. The van der Waals surface area contributed by atoms with Crippen molar-refractivity contribution in [3.63, 3.8) is 0 Å². The summed E-state index contributed by atoms with van der Waals surface area (Å²) in [5.41, 5.74) is 6.29. The molecule has 0 atom stereocenters. The molecule has 0 aliphatic rings. The molecule has 0 aromatic heterocycles. The van der Waals surface area contributed by atoms with Crippen LogP contribution in [0, 0.1) is 11.8 Å².